The van der Waals surface area contributed by atoms with Gasteiger partial charge in [0.2, 0.25) is 10.0 Å². The molecule has 1 aromatic rings. The van der Waals surface area contributed by atoms with Crippen LogP contribution in [-0.4, -0.2) is 39.5 Å². The van der Waals surface area contributed by atoms with E-state index in [9.17, 15) is 8.42 Å². The van der Waals surface area contributed by atoms with E-state index in [0.29, 0.717) is 10.8 Å². The lowest BCUT2D eigenvalue weighted by Crippen LogP contribution is -2.52. The predicted molar refractivity (Wildman–Crippen MR) is 93.0 cm³/mol. The van der Waals surface area contributed by atoms with Crippen molar-refractivity contribution in [1.82, 2.24) is 9.62 Å². The second kappa shape index (κ2) is 7.43. The minimum Gasteiger partial charge on any atom is -0.302 e. The molecule has 22 heavy (non-hydrogen) atoms. The summed E-state index contributed by atoms with van der Waals surface area (Å²) in [5.41, 5.74) is -0.0472. The van der Waals surface area contributed by atoms with Crippen molar-refractivity contribution >= 4 is 21.4 Å². The van der Waals surface area contributed by atoms with Crippen molar-refractivity contribution in [3.63, 3.8) is 0 Å². The van der Waals surface area contributed by atoms with Gasteiger partial charge in [0, 0.05) is 17.0 Å². The molecule has 0 spiro atoms. The van der Waals surface area contributed by atoms with Crippen LogP contribution in [0.15, 0.2) is 16.3 Å². The first-order chi connectivity index (χ1) is 10.4. The van der Waals surface area contributed by atoms with Gasteiger partial charge in [-0.1, -0.05) is 32.6 Å². The highest BCUT2D eigenvalue weighted by Crippen LogP contribution is 2.31. The van der Waals surface area contributed by atoms with Crippen LogP contribution in [0.5, 0.6) is 0 Å². The Balaban J connectivity index is 2.11. The number of likely N-dealkylation sites (N-methyl/N-ethyl adjacent to an activating group) is 1. The zero-order valence-electron chi connectivity index (χ0n) is 13.9. The molecule has 1 fully saturated rings. The smallest absolute Gasteiger partial charge is 0.250 e. The quantitative estimate of drug-likeness (QED) is 0.806. The van der Waals surface area contributed by atoms with Crippen molar-refractivity contribution in [1.29, 1.82) is 0 Å². The lowest BCUT2D eigenvalue weighted by atomic mass is 9.89. The van der Waals surface area contributed by atoms with Gasteiger partial charge < -0.3 is 4.90 Å². The van der Waals surface area contributed by atoms with Crippen molar-refractivity contribution in [2.45, 2.75) is 61.6 Å². The summed E-state index contributed by atoms with van der Waals surface area (Å²) in [4.78, 5) is 3.32. The largest absolute Gasteiger partial charge is 0.302 e. The summed E-state index contributed by atoms with van der Waals surface area (Å²) in [5, 5.41) is 0. The third kappa shape index (κ3) is 4.10. The molecule has 0 saturated heterocycles. The van der Waals surface area contributed by atoms with E-state index in [0.717, 1.165) is 24.1 Å². The molecule has 1 saturated carbocycles. The Morgan fingerprint density at radius 3 is 2.32 bits per heavy atom. The molecule has 0 aromatic carbocycles. The summed E-state index contributed by atoms with van der Waals surface area (Å²) in [6, 6.07) is 3.63. The molecule has 2 rings (SSSR count). The van der Waals surface area contributed by atoms with E-state index in [1.54, 1.807) is 6.07 Å². The fourth-order valence-corrected chi connectivity index (χ4v) is 5.62. The number of sulfonamides is 1. The lowest BCUT2D eigenvalue weighted by Gasteiger charge is -2.39. The second-order valence-electron chi connectivity index (χ2n) is 6.43. The molecule has 1 N–H and O–H groups in total. The Hall–Kier alpha value is -0.430. The second-order valence-corrected chi connectivity index (χ2v) is 9.59. The average molecular weight is 345 g/mol. The molecule has 0 unspecified atom stereocenters. The van der Waals surface area contributed by atoms with Gasteiger partial charge in [-0.3, -0.25) is 0 Å². The van der Waals surface area contributed by atoms with E-state index >= 15 is 0 Å². The Labute approximate surface area is 139 Å². The topological polar surface area (TPSA) is 49.4 Å². The van der Waals surface area contributed by atoms with E-state index in [1.165, 1.54) is 37.0 Å². The fourth-order valence-electron chi connectivity index (χ4n) is 3.16. The molecule has 6 heteroatoms. The van der Waals surface area contributed by atoms with E-state index in [-0.39, 0.29) is 5.54 Å². The normalized spacial score (nSPS) is 19.3. The molecule has 1 aromatic heterocycles. The number of aryl methyl sites for hydroxylation is 1. The van der Waals surface area contributed by atoms with E-state index < -0.39 is 10.0 Å². The number of thiophene rings is 1. The van der Waals surface area contributed by atoms with Gasteiger partial charge in [-0.15, -0.1) is 11.3 Å². The van der Waals surface area contributed by atoms with Crippen LogP contribution >= 0.6 is 11.3 Å². The van der Waals surface area contributed by atoms with Crippen LogP contribution < -0.4 is 4.72 Å². The predicted octanol–water partition coefficient (Wildman–Crippen LogP) is 3.24. The van der Waals surface area contributed by atoms with E-state index in [4.69, 9.17) is 0 Å². The van der Waals surface area contributed by atoms with Crippen LogP contribution in [-0.2, 0) is 16.4 Å². The number of hydrogen-bond donors (Lipinski definition) is 1. The molecule has 0 atom stereocenters. The highest BCUT2D eigenvalue weighted by molar-refractivity contribution is 7.91. The molecular weight excluding hydrogens is 316 g/mol. The summed E-state index contributed by atoms with van der Waals surface area (Å²) in [5.74, 6) is 0. The molecular formula is C16H28N2O2S2. The number of nitrogens with one attached hydrogen (secondary N) is 1. The molecule has 0 radical (unpaired) electrons. The third-order valence-electron chi connectivity index (χ3n) is 4.82. The Kier molecular flexibility index (Phi) is 6.05. The zero-order valence-corrected chi connectivity index (χ0v) is 15.5. The van der Waals surface area contributed by atoms with Crippen LogP contribution in [0.3, 0.4) is 0 Å². The van der Waals surface area contributed by atoms with Crippen molar-refractivity contribution in [2.75, 3.05) is 20.6 Å². The monoisotopic (exact) mass is 344 g/mol. The van der Waals surface area contributed by atoms with Gasteiger partial charge in [0.05, 0.1) is 0 Å². The molecule has 1 heterocycles. The number of hydrogen-bond acceptors (Lipinski definition) is 4. The minimum atomic E-state index is -3.39. The molecule has 0 amide bonds. The highest BCUT2D eigenvalue weighted by atomic mass is 32.2. The summed E-state index contributed by atoms with van der Waals surface area (Å²) in [6.45, 7) is 2.55. The maximum absolute atomic E-state index is 12.5. The van der Waals surface area contributed by atoms with Crippen LogP contribution in [0, 0.1) is 0 Å². The first kappa shape index (κ1) is 17.9. The van der Waals surface area contributed by atoms with Gasteiger partial charge in [-0.05, 0) is 45.5 Å². The summed E-state index contributed by atoms with van der Waals surface area (Å²) < 4.78 is 28.4. The van der Waals surface area contributed by atoms with Crippen molar-refractivity contribution in [2.24, 2.45) is 0 Å². The van der Waals surface area contributed by atoms with Gasteiger partial charge >= 0.3 is 0 Å². The Bertz CT molecular complexity index is 571. The van der Waals surface area contributed by atoms with Crippen LogP contribution in [0.25, 0.3) is 0 Å². The van der Waals surface area contributed by atoms with Gasteiger partial charge in [0.1, 0.15) is 4.21 Å². The van der Waals surface area contributed by atoms with Crippen molar-refractivity contribution in [3.8, 4) is 0 Å². The SMILES string of the molecule is CCc1ccc(S(=O)(=O)NCC2(N(C)C)CCCCCC2)s1. The van der Waals surface area contributed by atoms with Crippen molar-refractivity contribution in [3.05, 3.63) is 17.0 Å². The van der Waals surface area contributed by atoms with E-state index in [1.807, 2.05) is 13.0 Å². The fraction of sp³-hybridized carbons (Fsp3) is 0.750. The van der Waals surface area contributed by atoms with E-state index in [2.05, 4.69) is 23.7 Å². The van der Waals surface area contributed by atoms with Crippen LogP contribution in [0.2, 0.25) is 0 Å². The highest BCUT2D eigenvalue weighted by Gasteiger charge is 2.34. The molecule has 1 aliphatic rings. The first-order valence-corrected chi connectivity index (χ1v) is 10.5. The maximum atomic E-state index is 12.5. The summed E-state index contributed by atoms with van der Waals surface area (Å²) >= 11 is 1.37. The minimum absolute atomic E-state index is 0.0472. The first-order valence-electron chi connectivity index (χ1n) is 8.15. The summed E-state index contributed by atoms with van der Waals surface area (Å²) in [6.07, 6.45) is 7.88. The van der Waals surface area contributed by atoms with Gasteiger partial charge in [-0.2, -0.15) is 0 Å². The summed E-state index contributed by atoms with van der Waals surface area (Å²) in [7, 11) is 0.748. The van der Waals surface area contributed by atoms with Crippen LogP contribution in [0.1, 0.15) is 50.3 Å². The molecule has 4 nitrogen and oxygen atoms in total. The van der Waals surface area contributed by atoms with Gasteiger partial charge in [0.25, 0.3) is 0 Å². The van der Waals surface area contributed by atoms with Crippen LogP contribution in [0.4, 0.5) is 0 Å². The Morgan fingerprint density at radius 1 is 1.18 bits per heavy atom. The zero-order chi connectivity index (χ0) is 16.2. The van der Waals surface area contributed by atoms with Crippen molar-refractivity contribution < 1.29 is 8.42 Å². The molecule has 1 aliphatic carbocycles. The van der Waals surface area contributed by atoms with Gasteiger partial charge in [-0.25, -0.2) is 13.1 Å². The standard InChI is InChI=1S/C16H28N2O2S2/c1-4-14-9-10-15(21-14)22(19,20)17-13-16(18(2)3)11-7-5-6-8-12-16/h9-10,17H,4-8,11-13H2,1-3H3. The Morgan fingerprint density at radius 2 is 1.82 bits per heavy atom. The molecule has 0 aliphatic heterocycles. The average Bonchev–Trinajstić information content (AvgIpc) is 2.84. The third-order valence-corrected chi connectivity index (χ3v) is 7.95. The van der Waals surface area contributed by atoms with Gasteiger partial charge in [0.15, 0.2) is 0 Å². The number of rotatable bonds is 6. The number of nitrogens with zero attached hydrogens (tertiary/aromatic N) is 1. The maximum Gasteiger partial charge on any atom is 0.250 e. The molecule has 0 bridgehead atoms. The molecule has 126 valence electrons. The lowest BCUT2D eigenvalue weighted by molar-refractivity contribution is 0.133.